The van der Waals surface area contributed by atoms with Crippen molar-refractivity contribution >= 4 is 21.8 Å². The van der Waals surface area contributed by atoms with Gasteiger partial charge in [-0.3, -0.25) is 4.79 Å². The largest absolute Gasteiger partial charge is 0.416 e. The summed E-state index contributed by atoms with van der Waals surface area (Å²) in [6, 6.07) is 2.95. The fraction of sp³-hybridized carbons (Fsp3) is 0.500. The van der Waals surface area contributed by atoms with Gasteiger partial charge in [0.15, 0.2) is 0 Å². The topological polar surface area (TPSA) is 29.1 Å². The molecule has 0 aliphatic rings. The smallest absolute Gasteiger partial charge is 0.350 e. The Hall–Kier alpha value is -1.04. The molecule has 0 aromatic heterocycles. The molecule has 20 heavy (non-hydrogen) atoms. The van der Waals surface area contributed by atoms with Crippen molar-refractivity contribution in [2.24, 2.45) is 5.92 Å². The van der Waals surface area contributed by atoms with E-state index in [2.05, 4.69) is 21.2 Å². The van der Waals surface area contributed by atoms with Gasteiger partial charge in [-0.05, 0) is 53.4 Å². The van der Waals surface area contributed by atoms with Crippen LogP contribution in [0.25, 0.3) is 0 Å². The third-order valence-corrected chi connectivity index (χ3v) is 3.43. The molecule has 0 aliphatic heterocycles. The molecule has 1 atom stereocenters. The van der Waals surface area contributed by atoms with Gasteiger partial charge in [-0.2, -0.15) is 13.2 Å². The van der Waals surface area contributed by atoms with Crippen LogP contribution in [-0.2, 0) is 6.18 Å². The number of halogens is 4. The van der Waals surface area contributed by atoms with Gasteiger partial charge in [0, 0.05) is 10.5 Å². The fourth-order valence-electron chi connectivity index (χ4n) is 1.94. The Balaban J connectivity index is 2.92. The van der Waals surface area contributed by atoms with Crippen LogP contribution in [-0.4, -0.2) is 11.9 Å². The van der Waals surface area contributed by atoms with E-state index in [1.54, 1.807) is 0 Å². The SMILES string of the molecule is CC(C)CC(C)NC(=O)c1cc(C(F)(F)F)ccc1Br. The lowest BCUT2D eigenvalue weighted by Crippen LogP contribution is -2.33. The van der Waals surface area contributed by atoms with E-state index < -0.39 is 17.6 Å². The third-order valence-electron chi connectivity index (χ3n) is 2.74. The third kappa shape index (κ3) is 4.81. The van der Waals surface area contributed by atoms with E-state index in [-0.39, 0.29) is 11.6 Å². The van der Waals surface area contributed by atoms with Crippen molar-refractivity contribution in [1.29, 1.82) is 0 Å². The highest BCUT2D eigenvalue weighted by molar-refractivity contribution is 9.10. The normalized spacial score (nSPS) is 13.4. The molecule has 0 heterocycles. The number of benzene rings is 1. The Morgan fingerprint density at radius 1 is 1.30 bits per heavy atom. The van der Waals surface area contributed by atoms with Crippen LogP contribution in [0.15, 0.2) is 22.7 Å². The first kappa shape index (κ1) is 17.0. The molecular formula is C14H17BrF3NO. The number of hydrogen-bond acceptors (Lipinski definition) is 1. The predicted molar refractivity (Wildman–Crippen MR) is 75.5 cm³/mol. The van der Waals surface area contributed by atoms with Crippen LogP contribution >= 0.6 is 15.9 Å². The van der Waals surface area contributed by atoms with E-state index in [1.807, 2.05) is 20.8 Å². The summed E-state index contributed by atoms with van der Waals surface area (Å²) in [5.41, 5.74) is -0.835. The Bertz CT molecular complexity index is 486. The van der Waals surface area contributed by atoms with Gasteiger partial charge in [-0.25, -0.2) is 0 Å². The zero-order chi connectivity index (χ0) is 15.5. The van der Waals surface area contributed by atoms with Crippen LogP contribution in [0, 0.1) is 5.92 Å². The molecule has 1 rings (SSSR count). The van der Waals surface area contributed by atoms with Gasteiger partial charge >= 0.3 is 6.18 Å². The van der Waals surface area contributed by atoms with Crippen LogP contribution in [0.4, 0.5) is 13.2 Å². The first-order chi connectivity index (χ1) is 9.11. The molecule has 0 spiro atoms. The van der Waals surface area contributed by atoms with Gasteiger partial charge in [0.25, 0.3) is 5.91 Å². The highest BCUT2D eigenvalue weighted by Crippen LogP contribution is 2.31. The lowest BCUT2D eigenvalue weighted by molar-refractivity contribution is -0.137. The van der Waals surface area contributed by atoms with Crippen molar-refractivity contribution in [3.05, 3.63) is 33.8 Å². The minimum absolute atomic E-state index is 0.00423. The lowest BCUT2D eigenvalue weighted by Gasteiger charge is -2.17. The highest BCUT2D eigenvalue weighted by atomic mass is 79.9. The number of carbonyl (C=O) groups excluding carboxylic acids is 1. The summed E-state index contributed by atoms with van der Waals surface area (Å²) in [7, 11) is 0. The molecule has 1 aromatic carbocycles. The Labute approximate surface area is 124 Å². The second-order valence-corrected chi connectivity index (χ2v) is 6.05. The lowest BCUT2D eigenvalue weighted by atomic mass is 10.0. The van der Waals surface area contributed by atoms with Crippen molar-refractivity contribution in [3.8, 4) is 0 Å². The van der Waals surface area contributed by atoms with Gasteiger partial charge < -0.3 is 5.32 Å². The van der Waals surface area contributed by atoms with E-state index in [0.717, 1.165) is 18.6 Å². The molecule has 0 saturated carbocycles. The molecule has 1 unspecified atom stereocenters. The molecule has 0 aliphatic carbocycles. The highest BCUT2D eigenvalue weighted by Gasteiger charge is 2.31. The van der Waals surface area contributed by atoms with Gasteiger partial charge in [-0.1, -0.05) is 13.8 Å². The Morgan fingerprint density at radius 3 is 2.40 bits per heavy atom. The number of alkyl halides is 3. The van der Waals surface area contributed by atoms with Crippen molar-refractivity contribution in [1.82, 2.24) is 5.32 Å². The van der Waals surface area contributed by atoms with Crippen molar-refractivity contribution in [2.45, 2.75) is 39.4 Å². The van der Waals surface area contributed by atoms with Gasteiger partial charge in [-0.15, -0.1) is 0 Å². The molecule has 112 valence electrons. The summed E-state index contributed by atoms with van der Waals surface area (Å²) in [4.78, 5) is 12.0. The fourth-order valence-corrected chi connectivity index (χ4v) is 2.37. The molecular weight excluding hydrogens is 335 g/mol. The summed E-state index contributed by atoms with van der Waals surface area (Å²) in [5, 5.41) is 2.71. The predicted octanol–water partition coefficient (Wildman–Crippen LogP) is 4.63. The van der Waals surface area contributed by atoms with E-state index in [4.69, 9.17) is 0 Å². The second kappa shape index (κ2) is 6.61. The van der Waals surface area contributed by atoms with Crippen LogP contribution in [0.2, 0.25) is 0 Å². The van der Waals surface area contributed by atoms with Crippen molar-refractivity contribution < 1.29 is 18.0 Å². The molecule has 2 nitrogen and oxygen atoms in total. The molecule has 6 heteroatoms. The Morgan fingerprint density at radius 2 is 1.90 bits per heavy atom. The average Bonchev–Trinajstić information content (AvgIpc) is 2.26. The van der Waals surface area contributed by atoms with Crippen molar-refractivity contribution in [2.75, 3.05) is 0 Å². The summed E-state index contributed by atoms with van der Waals surface area (Å²) >= 11 is 3.11. The summed E-state index contributed by atoms with van der Waals surface area (Å²) in [5.74, 6) is -0.105. The van der Waals surface area contributed by atoms with E-state index in [9.17, 15) is 18.0 Å². The number of carbonyl (C=O) groups is 1. The van der Waals surface area contributed by atoms with E-state index in [0.29, 0.717) is 10.4 Å². The molecule has 0 saturated heterocycles. The van der Waals surface area contributed by atoms with Crippen LogP contribution in [0.3, 0.4) is 0 Å². The molecule has 0 fully saturated rings. The number of nitrogens with one attached hydrogen (secondary N) is 1. The molecule has 0 radical (unpaired) electrons. The molecule has 0 bridgehead atoms. The van der Waals surface area contributed by atoms with Gasteiger partial charge in [0.1, 0.15) is 0 Å². The first-order valence-corrected chi connectivity index (χ1v) is 7.08. The van der Waals surface area contributed by atoms with Crippen LogP contribution < -0.4 is 5.32 Å². The zero-order valence-corrected chi connectivity index (χ0v) is 13.1. The second-order valence-electron chi connectivity index (χ2n) is 5.20. The number of hydrogen-bond donors (Lipinski definition) is 1. The van der Waals surface area contributed by atoms with E-state index in [1.165, 1.54) is 6.07 Å². The summed E-state index contributed by atoms with van der Waals surface area (Å²) in [6.07, 6.45) is -3.69. The van der Waals surface area contributed by atoms with Gasteiger partial charge in [0.2, 0.25) is 0 Å². The molecule has 1 aromatic rings. The number of rotatable bonds is 4. The van der Waals surface area contributed by atoms with Crippen LogP contribution in [0.5, 0.6) is 0 Å². The maximum absolute atomic E-state index is 12.7. The standard InChI is InChI=1S/C14H17BrF3NO/c1-8(2)6-9(3)19-13(20)11-7-10(14(16,17)18)4-5-12(11)15/h4-5,7-9H,6H2,1-3H3,(H,19,20). The number of amides is 1. The van der Waals surface area contributed by atoms with Crippen molar-refractivity contribution in [3.63, 3.8) is 0 Å². The first-order valence-electron chi connectivity index (χ1n) is 6.29. The molecule has 1 N–H and O–H groups in total. The van der Waals surface area contributed by atoms with Gasteiger partial charge in [0.05, 0.1) is 11.1 Å². The summed E-state index contributed by atoms with van der Waals surface area (Å²) in [6.45, 7) is 5.87. The summed E-state index contributed by atoms with van der Waals surface area (Å²) < 4.78 is 38.3. The maximum atomic E-state index is 12.7. The average molecular weight is 352 g/mol. The Kier molecular flexibility index (Phi) is 5.62. The maximum Gasteiger partial charge on any atom is 0.416 e. The molecule has 1 amide bonds. The zero-order valence-electron chi connectivity index (χ0n) is 11.5. The quantitative estimate of drug-likeness (QED) is 0.841. The minimum Gasteiger partial charge on any atom is -0.350 e. The minimum atomic E-state index is -4.46. The van der Waals surface area contributed by atoms with E-state index >= 15 is 0 Å². The van der Waals surface area contributed by atoms with Crippen LogP contribution in [0.1, 0.15) is 43.1 Å². The monoisotopic (exact) mass is 351 g/mol.